The van der Waals surface area contributed by atoms with Gasteiger partial charge in [-0.2, -0.15) is 0 Å². The Morgan fingerprint density at radius 1 is 1.06 bits per heavy atom. The van der Waals surface area contributed by atoms with Crippen molar-refractivity contribution in [2.24, 2.45) is 0 Å². The van der Waals surface area contributed by atoms with Gasteiger partial charge in [0.1, 0.15) is 5.75 Å². The molecule has 3 rings (SSSR count). The van der Waals surface area contributed by atoms with Crippen LogP contribution in [0.5, 0.6) is 5.75 Å². The van der Waals surface area contributed by atoms with Crippen molar-refractivity contribution in [3.8, 4) is 11.4 Å². The molecule has 0 radical (unpaired) electrons. The summed E-state index contributed by atoms with van der Waals surface area (Å²) < 4.78 is 7.06. The summed E-state index contributed by atoms with van der Waals surface area (Å²) in [6.07, 6.45) is 5.07. The molecule has 0 unspecified atom stereocenters. The van der Waals surface area contributed by atoms with E-state index < -0.39 is 16.2 Å². The third kappa shape index (κ3) is 4.80. The number of aromatic amines is 1. The Morgan fingerprint density at radius 3 is 2.29 bits per heavy atom. The van der Waals surface area contributed by atoms with Gasteiger partial charge in [0.2, 0.25) is 0 Å². The Bertz CT molecular complexity index is 1260. The van der Waals surface area contributed by atoms with E-state index in [-0.39, 0.29) is 11.1 Å². The zero-order valence-corrected chi connectivity index (χ0v) is 17.7. The lowest BCUT2D eigenvalue weighted by atomic mass is 9.84. The minimum absolute atomic E-state index is 0.0178. The van der Waals surface area contributed by atoms with E-state index in [2.05, 4.69) is 4.98 Å². The second-order valence-corrected chi connectivity index (χ2v) is 8.03. The van der Waals surface area contributed by atoms with Gasteiger partial charge >= 0.3 is 5.69 Å². The number of nitrogens with one attached hydrogen (secondary N) is 1. The van der Waals surface area contributed by atoms with Crippen LogP contribution in [0.3, 0.4) is 0 Å². The molecule has 1 aromatic heterocycles. The number of benzene rings is 2. The van der Waals surface area contributed by atoms with Gasteiger partial charge in [-0.15, -0.1) is 0 Å². The van der Waals surface area contributed by atoms with Crippen molar-refractivity contribution in [2.45, 2.75) is 26.2 Å². The average molecular weight is 421 g/mol. The van der Waals surface area contributed by atoms with Gasteiger partial charge in [-0.3, -0.25) is 24.5 Å². The highest BCUT2D eigenvalue weighted by atomic mass is 16.6. The van der Waals surface area contributed by atoms with Gasteiger partial charge < -0.3 is 4.74 Å². The maximum atomic E-state index is 12.3. The predicted octanol–water partition coefficient (Wildman–Crippen LogP) is 3.91. The van der Waals surface area contributed by atoms with Crippen LogP contribution in [0, 0.1) is 10.1 Å². The minimum atomic E-state index is -0.539. The van der Waals surface area contributed by atoms with Crippen molar-refractivity contribution in [1.82, 2.24) is 9.55 Å². The zero-order valence-electron chi connectivity index (χ0n) is 17.7. The molecule has 3 aromatic rings. The lowest BCUT2D eigenvalue weighted by Gasteiger charge is -2.25. The van der Waals surface area contributed by atoms with Crippen LogP contribution in [0.25, 0.3) is 17.8 Å². The van der Waals surface area contributed by atoms with Crippen molar-refractivity contribution in [1.29, 1.82) is 0 Å². The number of ether oxygens (including phenoxy) is 1. The van der Waals surface area contributed by atoms with Crippen molar-refractivity contribution >= 4 is 17.8 Å². The van der Waals surface area contributed by atoms with Crippen LogP contribution in [0.15, 0.2) is 58.3 Å². The van der Waals surface area contributed by atoms with Crippen LogP contribution in [-0.4, -0.2) is 21.6 Å². The highest BCUT2D eigenvalue weighted by Gasteiger charge is 2.22. The van der Waals surface area contributed by atoms with E-state index in [1.807, 2.05) is 39.0 Å². The van der Waals surface area contributed by atoms with Crippen molar-refractivity contribution in [2.75, 3.05) is 7.11 Å². The maximum Gasteiger partial charge on any atom is 0.332 e. The largest absolute Gasteiger partial charge is 0.496 e. The molecule has 160 valence electrons. The van der Waals surface area contributed by atoms with E-state index >= 15 is 0 Å². The summed E-state index contributed by atoms with van der Waals surface area (Å²) >= 11 is 0. The van der Waals surface area contributed by atoms with Crippen molar-refractivity contribution < 1.29 is 9.66 Å². The Morgan fingerprint density at radius 2 is 1.74 bits per heavy atom. The average Bonchev–Trinajstić information content (AvgIpc) is 2.71. The lowest BCUT2D eigenvalue weighted by molar-refractivity contribution is -0.384. The molecule has 8 nitrogen and oxygen atoms in total. The molecule has 0 saturated heterocycles. The van der Waals surface area contributed by atoms with Crippen LogP contribution >= 0.6 is 0 Å². The predicted molar refractivity (Wildman–Crippen MR) is 120 cm³/mol. The molecule has 2 aromatic carbocycles. The van der Waals surface area contributed by atoms with Crippen LogP contribution in [0.4, 0.5) is 5.69 Å². The van der Waals surface area contributed by atoms with E-state index in [9.17, 15) is 19.7 Å². The van der Waals surface area contributed by atoms with Gasteiger partial charge in [0, 0.05) is 35.5 Å². The monoisotopic (exact) mass is 421 g/mol. The summed E-state index contributed by atoms with van der Waals surface area (Å²) in [5.41, 5.74) is 1.68. The summed E-state index contributed by atoms with van der Waals surface area (Å²) in [6, 6.07) is 11.1. The second kappa shape index (κ2) is 8.43. The first-order valence-electron chi connectivity index (χ1n) is 9.57. The van der Waals surface area contributed by atoms with Gasteiger partial charge in [0.05, 0.1) is 17.7 Å². The number of hydrogen-bond acceptors (Lipinski definition) is 5. The van der Waals surface area contributed by atoms with E-state index in [0.717, 1.165) is 16.7 Å². The molecule has 0 fully saturated rings. The molecule has 0 aliphatic heterocycles. The molecule has 0 aliphatic rings. The fourth-order valence-corrected chi connectivity index (χ4v) is 3.20. The van der Waals surface area contributed by atoms with Crippen LogP contribution < -0.4 is 16.0 Å². The quantitative estimate of drug-likeness (QED) is 0.382. The number of methoxy groups -OCH3 is 1. The number of nitrogens with zero attached hydrogens (tertiary/aromatic N) is 2. The maximum absolute atomic E-state index is 12.3. The van der Waals surface area contributed by atoms with E-state index in [1.165, 1.54) is 29.0 Å². The van der Waals surface area contributed by atoms with Gasteiger partial charge in [-0.25, -0.2) is 4.79 Å². The molecule has 8 heteroatoms. The highest BCUT2D eigenvalue weighted by molar-refractivity contribution is 5.75. The highest BCUT2D eigenvalue weighted by Crippen LogP contribution is 2.37. The number of non-ortho nitro benzene ring substituents is 1. The summed E-state index contributed by atoms with van der Waals surface area (Å²) in [5, 5.41) is 10.8. The second-order valence-electron chi connectivity index (χ2n) is 8.03. The number of nitro groups is 1. The molecule has 0 atom stereocenters. The molecule has 0 spiro atoms. The Labute approximate surface area is 178 Å². The topological polar surface area (TPSA) is 107 Å². The van der Waals surface area contributed by atoms with E-state index in [4.69, 9.17) is 4.74 Å². The summed E-state index contributed by atoms with van der Waals surface area (Å²) in [4.78, 5) is 36.5. The number of nitro benzene ring substituents is 1. The normalized spacial score (nSPS) is 11.6. The standard InChI is InChI=1S/C23H23N3O5/c1-23(2,3)19-14-18(25-12-11-20(27)24-22(25)28)13-16(21(19)31-4)8-5-15-6-9-17(10-7-15)26(29)30/h5-14H,1-4H3,(H,24,27,28)/b8-5+. The molecular formula is C23H23N3O5. The number of rotatable bonds is 5. The van der Waals surface area contributed by atoms with Gasteiger partial charge in [0.15, 0.2) is 0 Å². The summed E-state index contributed by atoms with van der Waals surface area (Å²) in [5.74, 6) is 0.659. The smallest absolute Gasteiger partial charge is 0.332 e. The SMILES string of the molecule is COc1c(/C=C/c2ccc([N+](=O)[O-])cc2)cc(-n2ccc(=O)[nH]c2=O)cc1C(C)(C)C. The van der Waals surface area contributed by atoms with E-state index in [0.29, 0.717) is 11.4 Å². The van der Waals surface area contributed by atoms with E-state index in [1.54, 1.807) is 25.3 Å². The fraction of sp³-hybridized carbons (Fsp3) is 0.217. The van der Waals surface area contributed by atoms with Crippen molar-refractivity contribution in [3.63, 3.8) is 0 Å². The summed E-state index contributed by atoms with van der Waals surface area (Å²) in [6.45, 7) is 6.11. The first-order valence-corrected chi connectivity index (χ1v) is 9.57. The number of aromatic nitrogens is 2. The Kier molecular flexibility index (Phi) is 5.92. The van der Waals surface area contributed by atoms with Gasteiger partial charge in [0.25, 0.3) is 11.2 Å². The molecule has 0 bridgehead atoms. The first kappa shape index (κ1) is 21.8. The Balaban J connectivity index is 2.16. The molecule has 0 saturated carbocycles. The number of H-pyrrole nitrogens is 1. The Hall–Kier alpha value is -3.94. The van der Waals surface area contributed by atoms with Gasteiger partial charge in [-0.1, -0.05) is 32.9 Å². The molecule has 1 N–H and O–H groups in total. The lowest BCUT2D eigenvalue weighted by Crippen LogP contribution is -2.28. The number of hydrogen-bond donors (Lipinski definition) is 1. The third-order valence-electron chi connectivity index (χ3n) is 4.78. The van der Waals surface area contributed by atoms with Crippen LogP contribution in [0.1, 0.15) is 37.5 Å². The summed E-state index contributed by atoms with van der Waals surface area (Å²) in [7, 11) is 1.58. The molecule has 1 heterocycles. The van der Waals surface area contributed by atoms with Gasteiger partial charge in [-0.05, 0) is 35.2 Å². The molecule has 0 amide bonds. The van der Waals surface area contributed by atoms with Crippen molar-refractivity contribution in [3.05, 3.63) is 96.3 Å². The fourth-order valence-electron chi connectivity index (χ4n) is 3.20. The minimum Gasteiger partial charge on any atom is -0.496 e. The van der Waals surface area contributed by atoms with Crippen LogP contribution in [-0.2, 0) is 5.41 Å². The van der Waals surface area contributed by atoms with Crippen LogP contribution in [0.2, 0.25) is 0 Å². The molecular weight excluding hydrogens is 398 g/mol. The molecule has 0 aliphatic carbocycles. The first-order chi connectivity index (χ1) is 14.6. The third-order valence-corrected chi connectivity index (χ3v) is 4.78. The molecule has 31 heavy (non-hydrogen) atoms. The zero-order chi connectivity index (χ0) is 22.8.